The van der Waals surface area contributed by atoms with Crippen LogP contribution < -0.4 is 10.0 Å². The van der Waals surface area contributed by atoms with E-state index in [1.807, 2.05) is 13.8 Å². The van der Waals surface area contributed by atoms with E-state index in [1.54, 1.807) is 66.7 Å². The number of anilines is 2. The van der Waals surface area contributed by atoms with Gasteiger partial charge in [0.05, 0.1) is 10.6 Å². The minimum Gasteiger partial charge on any atom is -0.325 e. The molecule has 5 nitrogen and oxygen atoms in total. The standard InChI is InChI=1S/C22H21ClN2O3S2/c1-15-6-12-19(13-7-15)30(27,28)25-17-8-10-18(11-9-17)29-14-22(26)24-21-5-3-4-20(23)16(21)2/h3-13,25H,14H2,1-2H3,(H,24,26). The Morgan fingerprint density at radius 1 is 0.967 bits per heavy atom. The molecule has 0 spiro atoms. The first-order chi connectivity index (χ1) is 14.2. The monoisotopic (exact) mass is 460 g/mol. The van der Waals surface area contributed by atoms with Gasteiger partial charge in [-0.3, -0.25) is 9.52 Å². The fourth-order valence-corrected chi connectivity index (χ4v) is 4.56. The molecule has 0 aliphatic rings. The summed E-state index contributed by atoms with van der Waals surface area (Å²) in [6.07, 6.45) is 0. The second kappa shape index (κ2) is 9.55. The maximum absolute atomic E-state index is 12.5. The van der Waals surface area contributed by atoms with Crippen LogP contribution in [0.25, 0.3) is 0 Å². The van der Waals surface area contributed by atoms with E-state index in [9.17, 15) is 13.2 Å². The molecule has 30 heavy (non-hydrogen) atoms. The van der Waals surface area contributed by atoms with Crippen LogP contribution in [0.15, 0.2) is 76.5 Å². The maximum Gasteiger partial charge on any atom is 0.261 e. The van der Waals surface area contributed by atoms with E-state index in [1.165, 1.54) is 11.8 Å². The number of carbonyl (C=O) groups excluding carboxylic acids is 1. The molecule has 0 saturated heterocycles. The van der Waals surface area contributed by atoms with Crippen molar-refractivity contribution < 1.29 is 13.2 Å². The van der Waals surface area contributed by atoms with Crippen LogP contribution in [0, 0.1) is 13.8 Å². The Morgan fingerprint density at radius 3 is 2.30 bits per heavy atom. The molecular formula is C22H21ClN2O3S2. The Balaban J connectivity index is 1.57. The molecule has 3 aromatic rings. The molecule has 3 rings (SSSR count). The van der Waals surface area contributed by atoms with Crippen LogP contribution in [-0.2, 0) is 14.8 Å². The highest BCUT2D eigenvalue weighted by Crippen LogP contribution is 2.25. The van der Waals surface area contributed by atoms with Crippen LogP contribution in [0.1, 0.15) is 11.1 Å². The summed E-state index contributed by atoms with van der Waals surface area (Å²) >= 11 is 7.43. The number of hydrogen-bond acceptors (Lipinski definition) is 4. The number of amides is 1. The van der Waals surface area contributed by atoms with Gasteiger partial charge in [-0.15, -0.1) is 11.8 Å². The number of aryl methyl sites for hydroxylation is 1. The van der Waals surface area contributed by atoms with Gasteiger partial charge in [-0.1, -0.05) is 35.4 Å². The number of nitrogens with one attached hydrogen (secondary N) is 2. The molecule has 0 saturated carbocycles. The molecule has 8 heteroatoms. The van der Waals surface area contributed by atoms with Crippen molar-refractivity contribution in [3.63, 3.8) is 0 Å². The quantitative estimate of drug-likeness (QED) is 0.457. The van der Waals surface area contributed by atoms with Gasteiger partial charge in [0, 0.05) is 21.3 Å². The summed E-state index contributed by atoms with van der Waals surface area (Å²) in [6, 6.07) is 18.9. The Labute approximate surface area is 185 Å². The maximum atomic E-state index is 12.5. The van der Waals surface area contributed by atoms with Crippen LogP contribution in [-0.4, -0.2) is 20.1 Å². The van der Waals surface area contributed by atoms with Gasteiger partial charge in [-0.2, -0.15) is 0 Å². The van der Waals surface area contributed by atoms with Gasteiger partial charge in [0.15, 0.2) is 0 Å². The molecule has 0 heterocycles. The predicted molar refractivity (Wildman–Crippen MR) is 124 cm³/mol. The Morgan fingerprint density at radius 2 is 1.63 bits per heavy atom. The number of hydrogen-bond donors (Lipinski definition) is 2. The number of sulfonamides is 1. The molecule has 0 bridgehead atoms. The van der Waals surface area contributed by atoms with Crippen molar-refractivity contribution in [2.45, 2.75) is 23.6 Å². The van der Waals surface area contributed by atoms with E-state index in [0.717, 1.165) is 16.0 Å². The van der Waals surface area contributed by atoms with Crippen molar-refractivity contribution >= 4 is 50.7 Å². The van der Waals surface area contributed by atoms with Crippen molar-refractivity contribution in [3.8, 4) is 0 Å². The summed E-state index contributed by atoms with van der Waals surface area (Å²) in [5.74, 6) is 0.0786. The third-order valence-electron chi connectivity index (χ3n) is 4.35. The molecule has 0 aliphatic heterocycles. The lowest BCUT2D eigenvalue weighted by Gasteiger charge is -2.10. The lowest BCUT2D eigenvalue weighted by molar-refractivity contribution is -0.113. The second-order valence-electron chi connectivity index (χ2n) is 6.69. The van der Waals surface area contributed by atoms with E-state index in [-0.39, 0.29) is 16.6 Å². The van der Waals surface area contributed by atoms with Gasteiger partial charge in [0.1, 0.15) is 0 Å². The smallest absolute Gasteiger partial charge is 0.261 e. The van der Waals surface area contributed by atoms with Gasteiger partial charge in [-0.25, -0.2) is 8.42 Å². The minimum atomic E-state index is -3.64. The van der Waals surface area contributed by atoms with E-state index >= 15 is 0 Å². The van der Waals surface area contributed by atoms with E-state index in [0.29, 0.717) is 16.4 Å². The van der Waals surface area contributed by atoms with Crippen LogP contribution in [0.2, 0.25) is 5.02 Å². The Kier molecular flexibility index (Phi) is 7.07. The third kappa shape index (κ3) is 5.78. The van der Waals surface area contributed by atoms with Gasteiger partial charge < -0.3 is 5.32 Å². The minimum absolute atomic E-state index is 0.144. The first kappa shape index (κ1) is 22.2. The van der Waals surface area contributed by atoms with Crippen molar-refractivity contribution in [1.29, 1.82) is 0 Å². The molecule has 0 fully saturated rings. The van der Waals surface area contributed by atoms with E-state index in [4.69, 9.17) is 11.6 Å². The van der Waals surface area contributed by atoms with E-state index < -0.39 is 10.0 Å². The summed E-state index contributed by atoms with van der Waals surface area (Å²) in [4.78, 5) is 13.3. The highest BCUT2D eigenvalue weighted by Gasteiger charge is 2.14. The largest absolute Gasteiger partial charge is 0.325 e. The van der Waals surface area contributed by atoms with Gasteiger partial charge in [-0.05, 0) is 67.9 Å². The van der Waals surface area contributed by atoms with Gasteiger partial charge in [0.25, 0.3) is 10.0 Å². The zero-order valence-corrected chi connectivity index (χ0v) is 18.9. The average molecular weight is 461 g/mol. The van der Waals surface area contributed by atoms with Crippen LogP contribution >= 0.6 is 23.4 Å². The van der Waals surface area contributed by atoms with Crippen LogP contribution in [0.3, 0.4) is 0 Å². The normalized spacial score (nSPS) is 11.2. The molecule has 0 atom stereocenters. The number of benzene rings is 3. The second-order valence-corrected chi connectivity index (χ2v) is 9.83. The average Bonchev–Trinajstić information content (AvgIpc) is 2.71. The molecule has 0 radical (unpaired) electrons. The fourth-order valence-electron chi connectivity index (χ4n) is 2.63. The fraction of sp³-hybridized carbons (Fsp3) is 0.136. The first-order valence-electron chi connectivity index (χ1n) is 9.12. The lowest BCUT2D eigenvalue weighted by Crippen LogP contribution is -2.15. The SMILES string of the molecule is Cc1ccc(S(=O)(=O)Nc2ccc(SCC(=O)Nc3cccc(Cl)c3C)cc2)cc1. The molecule has 0 aromatic heterocycles. The third-order valence-corrected chi connectivity index (χ3v) is 7.17. The number of thioether (sulfide) groups is 1. The Bertz CT molecular complexity index is 1150. The number of carbonyl (C=O) groups is 1. The lowest BCUT2D eigenvalue weighted by atomic mass is 10.2. The molecule has 156 valence electrons. The number of rotatable bonds is 7. The predicted octanol–water partition coefficient (Wildman–Crippen LogP) is 5.49. The van der Waals surface area contributed by atoms with Crippen LogP contribution in [0.4, 0.5) is 11.4 Å². The summed E-state index contributed by atoms with van der Waals surface area (Å²) < 4.78 is 27.5. The summed E-state index contributed by atoms with van der Waals surface area (Å²) in [7, 11) is -3.64. The summed E-state index contributed by atoms with van der Waals surface area (Å²) in [5.41, 5.74) is 2.96. The summed E-state index contributed by atoms with van der Waals surface area (Å²) in [5, 5.41) is 3.45. The van der Waals surface area contributed by atoms with Crippen molar-refractivity contribution in [3.05, 3.63) is 82.9 Å². The highest BCUT2D eigenvalue weighted by molar-refractivity contribution is 8.00. The molecule has 1 amide bonds. The Hall–Kier alpha value is -2.48. The van der Waals surface area contributed by atoms with E-state index in [2.05, 4.69) is 10.0 Å². The van der Waals surface area contributed by atoms with Crippen LogP contribution in [0.5, 0.6) is 0 Å². The summed E-state index contributed by atoms with van der Waals surface area (Å²) in [6.45, 7) is 3.75. The molecule has 3 aromatic carbocycles. The molecular weight excluding hydrogens is 440 g/mol. The molecule has 0 aliphatic carbocycles. The zero-order chi connectivity index (χ0) is 21.7. The van der Waals surface area contributed by atoms with Gasteiger partial charge in [0.2, 0.25) is 5.91 Å². The highest BCUT2D eigenvalue weighted by atomic mass is 35.5. The van der Waals surface area contributed by atoms with Gasteiger partial charge >= 0.3 is 0 Å². The van der Waals surface area contributed by atoms with Crippen molar-refractivity contribution in [2.75, 3.05) is 15.8 Å². The molecule has 2 N–H and O–H groups in total. The molecule has 0 unspecified atom stereocenters. The van der Waals surface area contributed by atoms with Crippen molar-refractivity contribution in [2.24, 2.45) is 0 Å². The zero-order valence-electron chi connectivity index (χ0n) is 16.5. The topological polar surface area (TPSA) is 75.3 Å². The first-order valence-corrected chi connectivity index (χ1v) is 12.0. The van der Waals surface area contributed by atoms with Crippen molar-refractivity contribution in [1.82, 2.24) is 0 Å². The number of halogens is 1.